The van der Waals surface area contributed by atoms with E-state index in [1.54, 1.807) is 13.8 Å². The number of allylic oxidation sites excluding steroid dienone is 1. The number of hydrogen-bond donors (Lipinski definition) is 0. The molecule has 11 heavy (non-hydrogen) atoms. The predicted molar refractivity (Wildman–Crippen MR) is 36.7 cm³/mol. The molecule has 1 atom stereocenters. The van der Waals surface area contributed by atoms with Crippen molar-refractivity contribution >= 4 is 5.71 Å². The second-order valence-electron chi connectivity index (χ2n) is 2.58. The van der Waals surface area contributed by atoms with Gasteiger partial charge in [0, 0.05) is 0 Å². The van der Waals surface area contributed by atoms with Crippen LogP contribution in [0.2, 0.25) is 0 Å². The maximum Gasteiger partial charge on any atom is 0.432 e. The highest BCUT2D eigenvalue weighted by Crippen LogP contribution is 2.25. The molecule has 0 amide bonds. The van der Waals surface area contributed by atoms with Crippen LogP contribution in [0.3, 0.4) is 0 Å². The first-order valence-electron chi connectivity index (χ1n) is 3.24. The lowest BCUT2D eigenvalue weighted by Crippen LogP contribution is -2.19. The van der Waals surface area contributed by atoms with Crippen LogP contribution in [0.1, 0.15) is 13.8 Å². The molecule has 1 aliphatic heterocycles. The zero-order valence-electron chi connectivity index (χ0n) is 6.24. The Morgan fingerprint density at radius 2 is 2.00 bits per heavy atom. The highest BCUT2D eigenvalue weighted by Gasteiger charge is 2.36. The van der Waals surface area contributed by atoms with Gasteiger partial charge in [-0.1, -0.05) is 0 Å². The lowest BCUT2D eigenvalue weighted by atomic mass is 10.2. The van der Waals surface area contributed by atoms with Crippen molar-refractivity contribution in [3.63, 3.8) is 0 Å². The van der Waals surface area contributed by atoms with Gasteiger partial charge in [-0.3, -0.25) is 4.99 Å². The van der Waals surface area contributed by atoms with Gasteiger partial charge in [0.2, 0.25) is 0 Å². The molecule has 0 N–H and O–H groups in total. The summed E-state index contributed by atoms with van der Waals surface area (Å²) >= 11 is 0. The highest BCUT2D eigenvalue weighted by molar-refractivity contribution is 6.01. The molecule has 0 spiro atoms. The molecule has 62 valence electrons. The summed E-state index contributed by atoms with van der Waals surface area (Å²) in [5.74, 6) is 0. The van der Waals surface area contributed by atoms with Crippen molar-refractivity contribution in [3.05, 3.63) is 11.6 Å². The number of nitrogens with zero attached hydrogens (tertiary/aromatic N) is 1. The van der Waals surface area contributed by atoms with Crippen LogP contribution < -0.4 is 0 Å². The van der Waals surface area contributed by atoms with Gasteiger partial charge in [-0.15, -0.1) is 0 Å². The van der Waals surface area contributed by atoms with Crippen LogP contribution in [-0.4, -0.2) is 17.9 Å². The summed E-state index contributed by atoms with van der Waals surface area (Å²) in [7, 11) is 0. The van der Waals surface area contributed by atoms with E-state index in [1.165, 1.54) is 0 Å². The van der Waals surface area contributed by atoms with E-state index in [-0.39, 0.29) is 6.04 Å². The average molecular weight is 163 g/mol. The Labute approximate surface area is 62.6 Å². The Balaban J connectivity index is 2.87. The first-order chi connectivity index (χ1) is 4.91. The van der Waals surface area contributed by atoms with Crippen LogP contribution in [0.25, 0.3) is 0 Å². The molecule has 0 aromatic heterocycles. The van der Waals surface area contributed by atoms with Crippen molar-refractivity contribution in [1.82, 2.24) is 0 Å². The normalized spacial score (nSPS) is 25.0. The second kappa shape index (κ2) is 2.36. The standard InChI is InChI=1S/C7H8F3N/c1-4-3-6(7(8,9)10)11-5(4)2/h3,5H,1-2H3. The van der Waals surface area contributed by atoms with E-state index >= 15 is 0 Å². The summed E-state index contributed by atoms with van der Waals surface area (Å²) in [6.45, 7) is 3.29. The summed E-state index contributed by atoms with van der Waals surface area (Å²) in [6, 6.07) is -0.313. The van der Waals surface area contributed by atoms with Crippen molar-refractivity contribution in [2.75, 3.05) is 0 Å². The Hall–Kier alpha value is -0.800. The Morgan fingerprint density at radius 1 is 1.45 bits per heavy atom. The van der Waals surface area contributed by atoms with E-state index in [0.717, 1.165) is 6.08 Å². The first kappa shape index (κ1) is 8.30. The van der Waals surface area contributed by atoms with Crippen molar-refractivity contribution in [3.8, 4) is 0 Å². The highest BCUT2D eigenvalue weighted by atomic mass is 19.4. The number of aliphatic imine (C=N–C) groups is 1. The molecular formula is C7H8F3N. The third-order valence-electron chi connectivity index (χ3n) is 1.65. The van der Waals surface area contributed by atoms with E-state index in [2.05, 4.69) is 4.99 Å². The van der Waals surface area contributed by atoms with E-state index in [1.807, 2.05) is 0 Å². The molecule has 1 unspecified atom stereocenters. The number of hydrogen-bond acceptors (Lipinski definition) is 1. The SMILES string of the molecule is CC1=CC(C(F)(F)F)=NC1C. The monoisotopic (exact) mass is 163 g/mol. The fourth-order valence-electron chi connectivity index (χ4n) is 0.839. The smallest absolute Gasteiger partial charge is 0.273 e. The topological polar surface area (TPSA) is 12.4 Å². The van der Waals surface area contributed by atoms with Gasteiger partial charge in [0.15, 0.2) is 0 Å². The van der Waals surface area contributed by atoms with Crippen LogP contribution in [0.15, 0.2) is 16.6 Å². The minimum Gasteiger partial charge on any atom is -0.273 e. The van der Waals surface area contributed by atoms with Crippen molar-refractivity contribution < 1.29 is 13.2 Å². The van der Waals surface area contributed by atoms with Crippen LogP contribution in [0.4, 0.5) is 13.2 Å². The number of alkyl halides is 3. The Bertz CT molecular complexity index is 224. The van der Waals surface area contributed by atoms with Crippen molar-refractivity contribution in [2.45, 2.75) is 26.1 Å². The summed E-state index contributed by atoms with van der Waals surface area (Å²) in [6.07, 6.45) is -3.20. The third-order valence-corrected chi connectivity index (χ3v) is 1.65. The van der Waals surface area contributed by atoms with Gasteiger partial charge in [0.05, 0.1) is 6.04 Å². The van der Waals surface area contributed by atoms with Gasteiger partial charge in [0.1, 0.15) is 5.71 Å². The van der Waals surface area contributed by atoms with Gasteiger partial charge in [-0.2, -0.15) is 13.2 Å². The fourth-order valence-corrected chi connectivity index (χ4v) is 0.839. The predicted octanol–water partition coefficient (Wildman–Crippen LogP) is 2.34. The molecule has 0 aromatic rings. The van der Waals surface area contributed by atoms with Gasteiger partial charge in [-0.05, 0) is 25.5 Å². The fraction of sp³-hybridized carbons (Fsp3) is 0.571. The van der Waals surface area contributed by atoms with E-state index in [9.17, 15) is 13.2 Å². The average Bonchev–Trinajstić information content (AvgIpc) is 2.11. The van der Waals surface area contributed by atoms with Gasteiger partial charge in [-0.25, -0.2) is 0 Å². The molecule has 1 rings (SSSR count). The molecule has 1 heterocycles. The van der Waals surface area contributed by atoms with Crippen LogP contribution >= 0.6 is 0 Å². The third kappa shape index (κ3) is 1.61. The maximum absolute atomic E-state index is 11.9. The lowest BCUT2D eigenvalue weighted by Gasteiger charge is -2.02. The minimum atomic E-state index is -4.29. The number of halogens is 3. The molecule has 1 nitrogen and oxygen atoms in total. The summed E-state index contributed by atoms with van der Waals surface area (Å²) in [5.41, 5.74) is -0.0974. The van der Waals surface area contributed by atoms with Crippen molar-refractivity contribution in [2.24, 2.45) is 4.99 Å². The lowest BCUT2D eigenvalue weighted by molar-refractivity contribution is -0.0577. The largest absolute Gasteiger partial charge is 0.432 e. The Kier molecular flexibility index (Phi) is 1.78. The molecule has 4 heteroatoms. The molecule has 0 fully saturated rings. The Morgan fingerprint density at radius 3 is 2.18 bits per heavy atom. The molecule has 0 aliphatic carbocycles. The van der Waals surface area contributed by atoms with Gasteiger partial charge in [0.25, 0.3) is 0 Å². The second-order valence-corrected chi connectivity index (χ2v) is 2.58. The zero-order valence-corrected chi connectivity index (χ0v) is 6.24. The zero-order chi connectivity index (χ0) is 8.65. The molecule has 1 aliphatic rings. The molecule has 0 aromatic carbocycles. The minimum absolute atomic E-state index is 0.313. The van der Waals surface area contributed by atoms with E-state index in [4.69, 9.17) is 0 Å². The maximum atomic E-state index is 11.9. The van der Waals surface area contributed by atoms with Crippen LogP contribution in [0.5, 0.6) is 0 Å². The van der Waals surface area contributed by atoms with E-state index < -0.39 is 11.9 Å². The molecule has 0 bridgehead atoms. The first-order valence-corrected chi connectivity index (χ1v) is 3.24. The quantitative estimate of drug-likeness (QED) is 0.519. The van der Waals surface area contributed by atoms with Gasteiger partial charge >= 0.3 is 6.18 Å². The van der Waals surface area contributed by atoms with Crippen LogP contribution in [-0.2, 0) is 0 Å². The van der Waals surface area contributed by atoms with Crippen LogP contribution in [0, 0.1) is 0 Å². The molecule has 0 radical (unpaired) electrons. The van der Waals surface area contributed by atoms with Gasteiger partial charge < -0.3 is 0 Å². The number of rotatable bonds is 0. The summed E-state index contributed by atoms with van der Waals surface area (Å²) in [5, 5.41) is 0. The summed E-state index contributed by atoms with van der Waals surface area (Å²) in [4.78, 5) is 3.44. The van der Waals surface area contributed by atoms with Crippen molar-refractivity contribution in [1.29, 1.82) is 0 Å². The molecule has 0 saturated heterocycles. The molecule has 0 saturated carbocycles. The molecular weight excluding hydrogens is 155 g/mol. The summed E-state index contributed by atoms with van der Waals surface area (Å²) < 4.78 is 35.8. The van der Waals surface area contributed by atoms with E-state index in [0.29, 0.717) is 5.57 Å².